The summed E-state index contributed by atoms with van der Waals surface area (Å²) in [5.41, 5.74) is 4.17. The molecule has 0 atom stereocenters. The van der Waals surface area contributed by atoms with Crippen molar-refractivity contribution in [1.82, 2.24) is 24.5 Å². The molecular weight excluding hydrogens is 456 g/mol. The third kappa shape index (κ3) is 4.82. The Bertz CT molecular complexity index is 1290. The number of nitrogens with zero attached hydrogens (tertiary/aromatic N) is 7. The van der Waals surface area contributed by atoms with Crippen molar-refractivity contribution >= 4 is 34.6 Å². The maximum absolute atomic E-state index is 5.52. The van der Waals surface area contributed by atoms with Gasteiger partial charge in [0.2, 0.25) is 17.8 Å². The minimum absolute atomic E-state index is 0.521. The number of rotatable bonds is 6. The lowest BCUT2D eigenvalue weighted by atomic mass is 10.2. The number of anilines is 4. The zero-order valence-corrected chi connectivity index (χ0v) is 20.4. The van der Waals surface area contributed by atoms with E-state index in [2.05, 4.69) is 62.1 Å². The van der Waals surface area contributed by atoms with Crippen LogP contribution in [-0.2, 0) is 16.0 Å². The Balaban J connectivity index is 1.29. The van der Waals surface area contributed by atoms with Crippen LogP contribution in [0.2, 0.25) is 0 Å². The number of nitrogens with one attached hydrogen (secondary N) is 1. The normalized spacial score (nSPS) is 16.5. The molecule has 36 heavy (non-hydrogen) atoms. The Labute approximate surface area is 209 Å². The quantitative estimate of drug-likeness (QED) is 0.441. The predicted molar refractivity (Wildman–Crippen MR) is 139 cm³/mol. The van der Waals surface area contributed by atoms with Crippen LogP contribution >= 0.6 is 0 Å². The van der Waals surface area contributed by atoms with E-state index in [-0.39, 0.29) is 0 Å². The highest BCUT2D eigenvalue weighted by atomic mass is 16.5. The molecule has 0 amide bonds. The number of aryl methyl sites for hydroxylation is 1. The van der Waals surface area contributed by atoms with Crippen molar-refractivity contribution in [3.63, 3.8) is 0 Å². The highest BCUT2D eigenvalue weighted by molar-refractivity contribution is 5.81. The summed E-state index contributed by atoms with van der Waals surface area (Å²) >= 11 is 0. The van der Waals surface area contributed by atoms with Crippen molar-refractivity contribution in [2.75, 3.05) is 67.7 Å². The van der Waals surface area contributed by atoms with Gasteiger partial charge in [-0.25, -0.2) is 4.98 Å². The molecule has 0 radical (unpaired) electrons. The molecule has 0 saturated carbocycles. The monoisotopic (exact) mass is 486 g/mol. The Morgan fingerprint density at radius 1 is 0.778 bits per heavy atom. The largest absolute Gasteiger partial charge is 0.378 e. The second-order valence-electron chi connectivity index (χ2n) is 9.02. The first-order valence-electron chi connectivity index (χ1n) is 12.4. The number of morpholine rings is 2. The topological polar surface area (TPSA) is 93.5 Å². The molecule has 0 spiro atoms. The van der Waals surface area contributed by atoms with Gasteiger partial charge in [0.15, 0.2) is 0 Å². The van der Waals surface area contributed by atoms with Gasteiger partial charge in [-0.15, -0.1) is 0 Å². The van der Waals surface area contributed by atoms with E-state index in [1.165, 1.54) is 5.56 Å². The lowest BCUT2D eigenvalue weighted by molar-refractivity contribution is 0.121. The van der Waals surface area contributed by atoms with E-state index < -0.39 is 0 Å². The van der Waals surface area contributed by atoms with Gasteiger partial charge in [-0.05, 0) is 30.7 Å². The highest BCUT2D eigenvalue weighted by Gasteiger charge is 2.21. The van der Waals surface area contributed by atoms with Crippen LogP contribution in [0.5, 0.6) is 0 Å². The van der Waals surface area contributed by atoms with Crippen LogP contribution in [0.25, 0.3) is 11.0 Å². The van der Waals surface area contributed by atoms with E-state index in [1.54, 1.807) is 0 Å². The molecule has 2 saturated heterocycles. The second kappa shape index (κ2) is 10.1. The molecule has 4 heterocycles. The fourth-order valence-electron chi connectivity index (χ4n) is 4.64. The van der Waals surface area contributed by atoms with Gasteiger partial charge in [0.1, 0.15) is 5.82 Å². The van der Waals surface area contributed by atoms with Crippen LogP contribution < -0.4 is 15.1 Å². The van der Waals surface area contributed by atoms with Gasteiger partial charge >= 0.3 is 0 Å². The smallest absolute Gasteiger partial charge is 0.233 e. The summed E-state index contributed by atoms with van der Waals surface area (Å²) in [4.78, 5) is 23.4. The first kappa shape index (κ1) is 22.7. The van der Waals surface area contributed by atoms with Gasteiger partial charge in [-0.3, -0.25) is 0 Å². The highest BCUT2D eigenvalue weighted by Crippen LogP contribution is 2.25. The SMILES string of the molecule is Cc1nc2cc(Nc3nc(N4CCOCC4)nc(N4CCOCC4)n3)ccc2n1Cc1ccccc1. The van der Waals surface area contributed by atoms with Gasteiger partial charge in [0, 0.05) is 38.4 Å². The molecule has 2 aromatic carbocycles. The Morgan fingerprint density at radius 2 is 1.42 bits per heavy atom. The molecule has 6 rings (SSSR count). The van der Waals surface area contributed by atoms with Crippen LogP contribution in [0.3, 0.4) is 0 Å². The molecule has 2 aromatic heterocycles. The zero-order chi connectivity index (χ0) is 24.3. The van der Waals surface area contributed by atoms with E-state index in [4.69, 9.17) is 29.4 Å². The number of aromatic nitrogens is 5. The van der Waals surface area contributed by atoms with Gasteiger partial charge in [0.25, 0.3) is 0 Å². The van der Waals surface area contributed by atoms with Crippen LogP contribution in [0, 0.1) is 6.92 Å². The van der Waals surface area contributed by atoms with E-state index in [9.17, 15) is 0 Å². The summed E-state index contributed by atoms with van der Waals surface area (Å²) in [5.74, 6) is 2.84. The number of ether oxygens (including phenoxy) is 2. The number of hydrogen-bond donors (Lipinski definition) is 1. The minimum atomic E-state index is 0.521. The lowest BCUT2D eigenvalue weighted by Gasteiger charge is -2.30. The third-order valence-corrected chi connectivity index (χ3v) is 6.58. The zero-order valence-electron chi connectivity index (χ0n) is 20.4. The maximum Gasteiger partial charge on any atom is 0.233 e. The summed E-state index contributed by atoms with van der Waals surface area (Å²) in [7, 11) is 0. The summed E-state index contributed by atoms with van der Waals surface area (Å²) < 4.78 is 13.3. The molecule has 2 fully saturated rings. The van der Waals surface area contributed by atoms with Crippen LogP contribution in [0.4, 0.5) is 23.5 Å². The fourth-order valence-corrected chi connectivity index (χ4v) is 4.64. The van der Waals surface area contributed by atoms with E-state index in [0.717, 1.165) is 55.3 Å². The van der Waals surface area contributed by atoms with Crippen molar-refractivity contribution in [1.29, 1.82) is 0 Å². The average molecular weight is 487 g/mol. The molecule has 186 valence electrons. The number of benzene rings is 2. The maximum atomic E-state index is 5.52. The van der Waals surface area contributed by atoms with Gasteiger partial charge < -0.3 is 29.2 Å². The average Bonchev–Trinajstić information content (AvgIpc) is 3.24. The van der Waals surface area contributed by atoms with Crippen molar-refractivity contribution in [2.24, 2.45) is 0 Å². The molecule has 0 aliphatic carbocycles. The van der Waals surface area contributed by atoms with E-state index >= 15 is 0 Å². The van der Waals surface area contributed by atoms with Gasteiger partial charge in [-0.2, -0.15) is 15.0 Å². The Hall–Kier alpha value is -3.76. The van der Waals surface area contributed by atoms with E-state index in [1.807, 2.05) is 13.0 Å². The van der Waals surface area contributed by atoms with Crippen LogP contribution in [-0.4, -0.2) is 77.1 Å². The first-order valence-corrected chi connectivity index (χ1v) is 12.4. The predicted octanol–water partition coefficient (Wildman–Crippen LogP) is 2.99. The van der Waals surface area contributed by atoms with Gasteiger partial charge in [-0.1, -0.05) is 30.3 Å². The molecule has 2 aliphatic heterocycles. The summed E-state index contributed by atoms with van der Waals surface area (Å²) in [5, 5.41) is 3.41. The third-order valence-electron chi connectivity index (χ3n) is 6.58. The Kier molecular flexibility index (Phi) is 6.35. The van der Waals surface area contributed by atoms with Crippen molar-refractivity contribution in [3.8, 4) is 0 Å². The molecular formula is C26H30N8O2. The molecule has 4 aromatic rings. The van der Waals surface area contributed by atoms with Crippen molar-refractivity contribution in [3.05, 3.63) is 59.9 Å². The molecule has 10 heteroatoms. The molecule has 0 bridgehead atoms. The summed E-state index contributed by atoms with van der Waals surface area (Å²) in [6.45, 7) is 8.55. The lowest BCUT2D eigenvalue weighted by Crippen LogP contribution is -2.40. The minimum Gasteiger partial charge on any atom is -0.378 e. The Morgan fingerprint density at radius 3 is 2.06 bits per heavy atom. The number of hydrogen-bond acceptors (Lipinski definition) is 9. The van der Waals surface area contributed by atoms with Crippen molar-refractivity contribution in [2.45, 2.75) is 13.5 Å². The van der Waals surface area contributed by atoms with Gasteiger partial charge in [0.05, 0.1) is 37.5 Å². The van der Waals surface area contributed by atoms with Crippen LogP contribution in [0.15, 0.2) is 48.5 Å². The first-order chi connectivity index (χ1) is 17.7. The number of fused-ring (bicyclic) bond motifs is 1. The second-order valence-corrected chi connectivity index (χ2v) is 9.02. The molecule has 0 unspecified atom stereocenters. The number of imidazole rings is 1. The van der Waals surface area contributed by atoms with E-state index in [0.29, 0.717) is 44.3 Å². The molecule has 1 N–H and O–H groups in total. The van der Waals surface area contributed by atoms with Crippen molar-refractivity contribution < 1.29 is 9.47 Å². The summed E-state index contributed by atoms with van der Waals surface area (Å²) in [6.07, 6.45) is 0. The van der Waals surface area contributed by atoms with Crippen LogP contribution in [0.1, 0.15) is 11.4 Å². The fraction of sp³-hybridized carbons (Fsp3) is 0.385. The molecule has 2 aliphatic rings. The molecule has 10 nitrogen and oxygen atoms in total. The standard InChI is InChI=1S/C26H30N8O2/c1-19-27-22-17-21(7-8-23(22)34(19)18-20-5-3-2-4-6-20)28-24-29-25(32-9-13-35-14-10-32)31-26(30-24)33-11-15-36-16-12-33/h2-8,17H,9-16,18H2,1H3,(H,28,29,30,31). The summed E-state index contributed by atoms with van der Waals surface area (Å²) in [6, 6.07) is 16.7.